The number of rotatable bonds is 1. The molecule has 2 heteroatoms. The van der Waals surface area contributed by atoms with Crippen molar-refractivity contribution in [3.8, 4) is 0 Å². The Bertz CT molecular complexity index is 198. The SMILES string of the molecule is [Na][c]1ccccc1CCl. The third-order valence-corrected chi connectivity index (χ3v) is 2.67. The standard InChI is InChI=1S/C7H6Cl.Na/c8-6-7-4-2-1-3-5-7;/h1-4H,6H2;. The Labute approximate surface area is 77.6 Å². The average Bonchev–Trinajstić information content (AvgIpc) is 1.89. The van der Waals surface area contributed by atoms with Gasteiger partial charge in [-0.05, 0) is 0 Å². The summed E-state index contributed by atoms with van der Waals surface area (Å²) in [5, 5.41) is 0. The Morgan fingerprint density at radius 3 is 2.44 bits per heavy atom. The summed E-state index contributed by atoms with van der Waals surface area (Å²) in [6, 6.07) is 8.29. The molecule has 0 aliphatic heterocycles. The minimum atomic E-state index is 0.652. The fraction of sp³-hybridized carbons (Fsp3) is 0.143. The van der Waals surface area contributed by atoms with E-state index in [0.29, 0.717) is 5.88 Å². The van der Waals surface area contributed by atoms with E-state index in [1.165, 1.54) is 8.38 Å². The molecule has 0 bridgehead atoms. The van der Waals surface area contributed by atoms with E-state index in [0.717, 1.165) is 27.9 Å². The van der Waals surface area contributed by atoms with Crippen LogP contribution in [0.4, 0.5) is 0 Å². The number of alkyl halides is 1. The van der Waals surface area contributed by atoms with Gasteiger partial charge in [0.15, 0.2) is 0 Å². The Balaban J connectivity index is 3.01. The van der Waals surface area contributed by atoms with Gasteiger partial charge < -0.3 is 0 Å². The van der Waals surface area contributed by atoms with Gasteiger partial charge in [-0.2, -0.15) is 0 Å². The van der Waals surface area contributed by atoms with E-state index in [1.807, 2.05) is 6.07 Å². The first-order valence-electron chi connectivity index (χ1n) is 2.95. The molecule has 0 radical (unpaired) electrons. The monoisotopic (exact) mass is 148 g/mol. The molecule has 0 aliphatic carbocycles. The summed E-state index contributed by atoms with van der Waals surface area (Å²) in [6.07, 6.45) is 0. The summed E-state index contributed by atoms with van der Waals surface area (Å²) < 4.78 is 1.41. The van der Waals surface area contributed by atoms with Crippen LogP contribution in [0.1, 0.15) is 5.56 Å². The van der Waals surface area contributed by atoms with Crippen molar-refractivity contribution >= 4 is 42.3 Å². The molecule has 0 unspecified atom stereocenters. The predicted octanol–water partition coefficient (Wildman–Crippen LogP) is 1.22. The summed E-state index contributed by atoms with van der Waals surface area (Å²) in [6.45, 7) is 0. The molecule has 0 amide bonds. The molecule has 0 spiro atoms. The van der Waals surface area contributed by atoms with Gasteiger partial charge in [-0.3, -0.25) is 0 Å². The van der Waals surface area contributed by atoms with Crippen molar-refractivity contribution < 1.29 is 0 Å². The van der Waals surface area contributed by atoms with Crippen molar-refractivity contribution in [3.05, 3.63) is 29.8 Å². The molecule has 0 nitrogen and oxygen atoms in total. The third-order valence-electron chi connectivity index (χ3n) is 1.41. The van der Waals surface area contributed by atoms with E-state index in [-0.39, 0.29) is 0 Å². The molecule has 1 aromatic carbocycles. The van der Waals surface area contributed by atoms with Crippen LogP contribution < -0.4 is 2.81 Å². The van der Waals surface area contributed by atoms with Gasteiger partial charge in [0.1, 0.15) is 0 Å². The van der Waals surface area contributed by atoms with Gasteiger partial charge in [0, 0.05) is 0 Å². The van der Waals surface area contributed by atoms with E-state index < -0.39 is 0 Å². The molecule has 0 heterocycles. The molecule has 1 aromatic rings. The van der Waals surface area contributed by atoms with Crippen LogP contribution in [0.5, 0.6) is 0 Å². The van der Waals surface area contributed by atoms with Crippen LogP contribution in [0, 0.1) is 0 Å². The first-order valence-corrected chi connectivity index (χ1v) is 4.48. The summed E-state index contributed by atoms with van der Waals surface area (Å²) in [5.41, 5.74) is 1.28. The second kappa shape index (κ2) is 3.62. The van der Waals surface area contributed by atoms with Gasteiger partial charge in [0.2, 0.25) is 0 Å². The van der Waals surface area contributed by atoms with Crippen LogP contribution >= 0.6 is 11.6 Å². The molecule has 0 saturated carbocycles. The van der Waals surface area contributed by atoms with Crippen LogP contribution in [-0.2, 0) is 5.88 Å². The Morgan fingerprint density at radius 2 is 2.00 bits per heavy atom. The van der Waals surface area contributed by atoms with E-state index >= 15 is 0 Å². The van der Waals surface area contributed by atoms with E-state index in [9.17, 15) is 0 Å². The fourth-order valence-corrected chi connectivity index (χ4v) is 1.82. The number of benzene rings is 1. The number of hydrogen-bond donors (Lipinski definition) is 0. The number of halogens is 1. The Hall–Kier alpha value is 0.510. The summed E-state index contributed by atoms with van der Waals surface area (Å²) >= 11 is 6.76. The molecular formula is C7H6ClNa. The van der Waals surface area contributed by atoms with Gasteiger partial charge in [-0.25, -0.2) is 0 Å². The van der Waals surface area contributed by atoms with Gasteiger partial charge in [-0.1, -0.05) is 0 Å². The van der Waals surface area contributed by atoms with Crippen LogP contribution in [0.2, 0.25) is 0 Å². The normalized spacial score (nSPS) is 9.67. The second-order valence-corrected chi connectivity index (χ2v) is 3.40. The summed E-state index contributed by atoms with van der Waals surface area (Å²) in [5.74, 6) is 0.652. The van der Waals surface area contributed by atoms with Crippen molar-refractivity contribution in [2.75, 3.05) is 0 Å². The van der Waals surface area contributed by atoms with Crippen molar-refractivity contribution in [2.45, 2.75) is 5.88 Å². The zero-order valence-corrected chi connectivity index (χ0v) is 8.15. The van der Waals surface area contributed by atoms with Gasteiger partial charge >= 0.3 is 78.1 Å². The van der Waals surface area contributed by atoms with E-state index in [4.69, 9.17) is 11.6 Å². The number of hydrogen-bond acceptors (Lipinski definition) is 0. The second-order valence-electron chi connectivity index (χ2n) is 2.06. The van der Waals surface area contributed by atoms with Gasteiger partial charge in [0.25, 0.3) is 0 Å². The quantitative estimate of drug-likeness (QED) is 0.415. The van der Waals surface area contributed by atoms with Crippen molar-refractivity contribution in [2.24, 2.45) is 0 Å². The molecule has 0 N–H and O–H groups in total. The van der Waals surface area contributed by atoms with Crippen molar-refractivity contribution in [1.29, 1.82) is 0 Å². The minimum absolute atomic E-state index is 0.652. The average molecular weight is 149 g/mol. The molecule has 0 atom stereocenters. The molecule has 9 heavy (non-hydrogen) atoms. The van der Waals surface area contributed by atoms with Crippen molar-refractivity contribution in [1.82, 2.24) is 0 Å². The van der Waals surface area contributed by atoms with Crippen LogP contribution in [0.15, 0.2) is 24.3 Å². The molecule has 0 aliphatic rings. The first kappa shape index (κ1) is 7.62. The third kappa shape index (κ3) is 1.98. The topological polar surface area (TPSA) is 0 Å². The van der Waals surface area contributed by atoms with E-state index in [2.05, 4.69) is 18.2 Å². The first-order chi connectivity index (χ1) is 4.34. The fourth-order valence-electron chi connectivity index (χ4n) is 0.760. The molecule has 1 rings (SSSR count). The van der Waals surface area contributed by atoms with Crippen LogP contribution in [0.3, 0.4) is 0 Å². The maximum absolute atomic E-state index is 5.65. The van der Waals surface area contributed by atoms with Gasteiger partial charge in [0.05, 0.1) is 0 Å². The zero-order chi connectivity index (χ0) is 6.69. The molecule has 42 valence electrons. The summed E-state index contributed by atoms with van der Waals surface area (Å²) in [4.78, 5) is 0. The Kier molecular flexibility index (Phi) is 3.07. The Morgan fingerprint density at radius 1 is 1.33 bits per heavy atom. The van der Waals surface area contributed by atoms with E-state index in [1.54, 1.807) is 0 Å². The molecule has 0 fully saturated rings. The maximum atomic E-state index is 5.65. The van der Waals surface area contributed by atoms with Gasteiger partial charge in [-0.15, -0.1) is 0 Å². The summed E-state index contributed by atoms with van der Waals surface area (Å²) in [7, 11) is 0. The predicted molar refractivity (Wildman–Crippen MR) is 41.4 cm³/mol. The zero-order valence-electron chi connectivity index (χ0n) is 5.39. The van der Waals surface area contributed by atoms with Crippen molar-refractivity contribution in [3.63, 3.8) is 0 Å². The molecule has 0 saturated heterocycles. The molecular weight excluding hydrogens is 143 g/mol. The van der Waals surface area contributed by atoms with Crippen LogP contribution in [-0.4, -0.2) is 27.9 Å². The van der Waals surface area contributed by atoms with Crippen LogP contribution in [0.25, 0.3) is 0 Å². The molecule has 0 aromatic heterocycles.